The molecule has 6 nitrogen and oxygen atoms in total. The van der Waals surface area contributed by atoms with Crippen LogP contribution in [0.15, 0.2) is 54.6 Å². The van der Waals surface area contributed by atoms with E-state index in [0.29, 0.717) is 0 Å². The molecule has 4 heterocycles. The van der Waals surface area contributed by atoms with E-state index in [4.69, 9.17) is 15.0 Å². The van der Waals surface area contributed by atoms with Gasteiger partial charge in [0.05, 0.1) is 33.1 Å². The molecule has 0 fully saturated rings. The molecule has 144 valence electrons. The SMILES string of the molecule is Cc1ccc2c(c1)nc1n2c2nc3cc(C)ccc3n2c2nc3cc(C)ccc3n12. The Kier molecular flexibility index (Phi) is 2.74. The lowest BCUT2D eigenvalue weighted by molar-refractivity contribution is 1.01. The number of benzene rings is 3. The molecule has 3 aromatic carbocycles. The number of aromatic nitrogens is 6. The lowest BCUT2D eigenvalue weighted by Gasteiger charge is -2.05. The summed E-state index contributed by atoms with van der Waals surface area (Å²) in [5, 5.41) is 0. The van der Waals surface area contributed by atoms with Crippen molar-refractivity contribution in [3.63, 3.8) is 0 Å². The Hall–Kier alpha value is -3.93. The van der Waals surface area contributed by atoms with Crippen LogP contribution in [0.4, 0.5) is 0 Å². The molecule has 0 aliphatic rings. The molecule has 4 aromatic heterocycles. The molecule has 0 saturated heterocycles. The highest BCUT2D eigenvalue weighted by Crippen LogP contribution is 2.29. The second kappa shape index (κ2) is 5.16. The molecule has 0 aliphatic heterocycles. The second-order valence-electron chi connectivity index (χ2n) is 8.22. The van der Waals surface area contributed by atoms with Crippen molar-refractivity contribution < 1.29 is 0 Å². The fourth-order valence-electron chi connectivity index (χ4n) is 4.57. The van der Waals surface area contributed by atoms with E-state index in [0.717, 1.165) is 50.4 Å². The highest BCUT2D eigenvalue weighted by Gasteiger charge is 2.20. The van der Waals surface area contributed by atoms with Crippen molar-refractivity contribution in [2.24, 2.45) is 0 Å². The van der Waals surface area contributed by atoms with Gasteiger partial charge in [-0.3, -0.25) is 0 Å². The molecule has 0 saturated carbocycles. The summed E-state index contributed by atoms with van der Waals surface area (Å²) in [4.78, 5) is 15.1. The van der Waals surface area contributed by atoms with Crippen LogP contribution in [0.3, 0.4) is 0 Å². The first-order chi connectivity index (χ1) is 14.6. The van der Waals surface area contributed by atoms with Crippen LogP contribution in [-0.4, -0.2) is 28.2 Å². The van der Waals surface area contributed by atoms with Gasteiger partial charge >= 0.3 is 0 Å². The van der Waals surface area contributed by atoms with Crippen molar-refractivity contribution in [2.45, 2.75) is 20.8 Å². The summed E-state index contributed by atoms with van der Waals surface area (Å²) in [5.74, 6) is 2.49. The zero-order chi connectivity index (χ0) is 20.1. The molecule has 0 spiro atoms. The van der Waals surface area contributed by atoms with Crippen LogP contribution in [0.5, 0.6) is 0 Å². The minimum absolute atomic E-state index is 0.830. The summed E-state index contributed by atoms with van der Waals surface area (Å²) >= 11 is 0. The van der Waals surface area contributed by atoms with Gasteiger partial charge in [-0.05, 0) is 73.9 Å². The van der Waals surface area contributed by atoms with Gasteiger partial charge < -0.3 is 0 Å². The first-order valence-electron chi connectivity index (χ1n) is 10.1. The number of hydrogen-bond acceptors (Lipinski definition) is 3. The number of rotatable bonds is 0. The van der Waals surface area contributed by atoms with Crippen molar-refractivity contribution in [1.29, 1.82) is 0 Å². The van der Waals surface area contributed by atoms with Crippen LogP contribution in [0.2, 0.25) is 0 Å². The second-order valence-corrected chi connectivity index (χ2v) is 8.22. The molecule has 0 unspecified atom stereocenters. The standard InChI is InChI=1S/C24H18N6/c1-13-4-7-19-16(10-13)25-22-28(19)23-26-18-12-15(3)6-9-21(18)30(23)24-27-17-11-14(2)5-8-20(17)29(22)24/h4-12H,1-3H3. The predicted molar refractivity (Wildman–Crippen MR) is 119 cm³/mol. The van der Waals surface area contributed by atoms with Crippen LogP contribution in [0.25, 0.3) is 50.4 Å². The van der Waals surface area contributed by atoms with E-state index in [1.165, 1.54) is 16.7 Å². The van der Waals surface area contributed by atoms with E-state index in [2.05, 4.69) is 88.6 Å². The van der Waals surface area contributed by atoms with Gasteiger partial charge in [-0.1, -0.05) is 18.2 Å². The molecule has 0 radical (unpaired) electrons. The normalized spacial score (nSPS) is 12.5. The molecule has 0 aliphatic carbocycles. The maximum Gasteiger partial charge on any atom is 0.225 e. The maximum atomic E-state index is 5.02. The first-order valence-corrected chi connectivity index (χ1v) is 10.1. The Morgan fingerprint density at radius 3 is 1.07 bits per heavy atom. The average Bonchev–Trinajstić information content (AvgIpc) is 3.36. The Labute approximate surface area is 171 Å². The minimum atomic E-state index is 0.830. The smallest absolute Gasteiger partial charge is 0.225 e. The molecule has 0 N–H and O–H groups in total. The van der Waals surface area contributed by atoms with Gasteiger partial charge in [0.15, 0.2) is 0 Å². The molecule has 0 atom stereocenters. The average molecular weight is 390 g/mol. The van der Waals surface area contributed by atoms with Crippen molar-refractivity contribution in [3.05, 3.63) is 71.3 Å². The van der Waals surface area contributed by atoms with Crippen molar-refractivity contribution >= 4 is 50.4 Å². The molecule has 0 amide bonds. The van der Waals surface area contributed by atoms with Crippen molar-refractivity contribution in [2.75, 3.05) is 0 Å². The number of nitrogens with zero attached hydrogens (tertiary/aromatic N) is 6. The highest BCUT2D eigenvalue weighted by atomic mass is 15.3. The van der Waals surface area contributed by atoms with Crippen LogP contribution < -0.4 is 0 Å². The zero-order valence-electron chi connectivity index (χ0n) is 16.9. The van der Waals surface area contributed by atoms with Gasteiger partial charge in [0.1, 0.15) is 0 Å². The molecular weight excluding hydrogens is 372 g/mol. The predicted octanol–water partition coefficient (Wildman–Crippen LogP) is 5.01. The summed E-state index contributed by atoms with van der Waals surface area (Å²) in [7, 11) is 0. The summed E-state index contributed by atoms with van der Waals surface area (Å²) < 4.78 is 6.45. The topological polar surface area (TPSA) is 51.9 Å². The number of hydrogen-bond donors (Lipinski definition) is 0. The highest BCUT2D eigenvalue weighted by molar-refractivity contribution is 5.91. The molecular formula is C24H18N6. The van der Waals surface area contributed by atoms with Crippen molar-refractivity contribution in [1.82, 2.24) is 28.2 Å². The molecule has 6 heteroatoms. The van der Waals surface area contributed by atoms with Gasteiger partial charge in [0.25, 0.3) is 0 Å². The summed E-state index contributed by atoms with van der Waals surface area (Å²) in [5.41, 5.74) is 9.58. The van der Waals surface area contributed by atoms with E-state index < -0.39 is 0 Å². The first kappa shape index (κ1) is 15.9. The van der Waals surface area contributed by atoms with Gasteiger partial charge in [-0.2, -0.15) is 0 Å². The summed E-state index contributed by atoms with van der Waals surface area (Å²) in [6, 6.07) is 19.1. The van der Waals surface area contributed by atoms with E-state index >= 15 is 0 Å². The van der Waals surface area contributed by atoms with E-state index in [-0.39, 0.29) is 0 Å². The van der Waals surface area contributed by atoms with Gasteiger partial charge in [0, 0.05) is 0 Å². The summed E-state index contributed by atoms with van der Waals surface area (Å²) in [6.45, 7) is 6.28. The van der Waals surface area contributed by atoms with Crippen LogP contribution >= 0.6 is 0 Å². The maximum absolute atomic E-state index is 5.02. The zero-order valence-corrected chi connectivity index (χ0v) is 16.9. The Morgan fingerprint density at radius 2 is 0.767 bits per heavy atom. The molecule has 7 aromatic rings. The van der Waals surface area contributed by atoms with E-state index in [9.17, 15) is 0 Å². The monoisotopic (exact) mass is 390 g/mol. The van der Waals surface area contributed by atoms with Crippen LogP contribution in [-0.2, 0) is 0 Å². The molecule has 7 rings (SSSR count). The molecule has 30 heavy (non-hydrogen) atoms. The lowest BCUT2D eigenvalue weighted by atomic mass is 10.2. The van der Waals surface area contributed by atoms with Gasteiger partial charge in [-0.25, -0.2) is 28.2 Å². The van der Waals surface area contributed by atoms with Crippen LogP contribution in [0, 0.1) is 20.8 Å². The number of fused-ring (bicyclic) bond motifs is 12. The van der Waals surface area contributed by atoms with Crippen LogP contribution in [0.1, 0.15) is 16.7 Å². The van der Waals surface area contributed by atoms with E-state index in [1.54, 1.807) is 0 Å². The minimum Gasteiger partial charge on any atom is -0.247 e. The van der Waals surface area contributed by atoms with Crippen molar-refractivity contribution in [3.8, 4) is 0 Å². The quantitative estimate of drug-likeness (QED) is 0.366. The Balaban J connectivity index is 1.88. The third-order valence-electron chi connectivity index (χ3n) is 5.98. The largest absolute Gasteiger partial charge is 0.247 e. The number of aryl methyl sites for hydroxylation is 3. The third-order valence-corrected chi connectivity index (χ3v) is 5.98. The summed E-state index contributed by atoms with van der Waals surface area (Å²) in [6.07, 6.45) is 0. The third kappa shape index (κ3) is 1.86. The van der Waals surface area contributed by atoms with Gasteiger partial charge in [-0.15, -0.1) is 0 Å². The lowest BCUT2D eigenvalue weighted by Crippen LogP contribution is -2.04. The fraction of sp³-hybridized carbons (Fsp3) is 0.125. The van der Waals surface area contributed by atoms with E-state index in [1.807, 2.05) is 0 Å². The Bertz CT molecular complexity index is 1580. The fourth-order valence-corrected chi connectivity index (χ4v) is 4.57. The molecule has 0 bridgehead atoms. The number of imidazole rings is 3. The Morgan fingerprint density at radius 1 is 0.467 bits per heavy atom. The van der Waals surface area contributed by atoms with Gasteiger partial charge in [0.2, 0.25) is 17.3 Å².